The molecule has 6 rings (SSSR count). The smallest absolute Gasteiger partial charge is 0.210 e. The molecule has 0 radical (unpaired) electrons. The number of methoxy groups -OCH3 is 3. The van der Waals surface area contributed by atoms with E-state index in [0.717, 1.165) is 57.6 Å². The van der Waals surface area contributed by atoms with Crippen molar-refractivity contribution in [2.45, 2.75) is 25.8 Å². The number of aromatic amines is 2. The number of rotatable bonds is 8. The lowest BCUT2D eigenvalue weighted by molar-refractivity contribution is -0.120. The van der Waals surface area contributed by atoms with Crippen molar-refractivity contribution in [3.8, 4) is 23.0 Å². The highest BCUT2D eigenvalue weighted by Crippen LogP contribution is 2.40. The molecule has 40 heavy (non-hydrogen) atoms. The summed E-state index contributed by atoms with van der Waals surface area (Å²) < 4.78 is 21.8. The van der Waals surface area contributed by atoms with Gasteiger partial charge >= 0.3 is 0 Å². The van der Waals surface area contributed by atoms with Crippen molar-refractivity contribution < 1.29 is 23.7 Å². The fraction of sp³-hybridized carbons (Fsp3) is 0.281. The Bertz CT molecular complexity index is 1610. The third-order valence-corrected chi connectivity index (χ3v) is 7.41. The quantitative estimate of drug-likeness (QED) is 0.233. The molecule has 1 atom stereocenters. The van der Waals surface area contributed by atoms with Gasteiger partial charge in [0.1, 0.15) is 11.5 Å². The summed E-state index contributed by atoms with van der Waals surface area (Å²) in [5.41, 5.74) is 5.66. The molecular weight excluding hydrogens is 506 g/mol. The van der Waals surface area contributed by atoms with E-state index in [2.05, 4.69) is 9.97 Å². The van der Waals surface area contributed by atoms with Gasteiger partial charge in [0, 0.05) is 40.7 Å². The van der Waals surface area contributed by atoms with Crippen LogP contribution < -0.4 is 18.9 Å². The van der Waals surface area contributed by atoms with Gasteiger partial charge in [-0.1, -0.05) is 0 Å². The van der Waals surface area contributed by atoms with Gasteiger partial charge < -0.3 is 33.8 Å². The van der Waals surface area contributed by atoms with E-state index in [1.165, 1.54) is 10.9 Å². The molecular formula is C32H35N3O5. The second-order valence-corrected chi connectivity index (χ2v) is 9.60. The summed E-state index contributed by atoms with van der Waals surface area (Å²) in [6, 6.07) is 18.0. The van der Waals surface area contributed by atoms with Gasteiger partial charge in [0.05, 0.1) is 34.0 Å². The van der Waals surface area contributed by atoms with Crippen LogP contribution in [0.25, 0.3) is 21.8 Å². The second kappa shape index (κ2) is 12.1. The maximum atomic E-state index is 11.8. The minimum atomic E-state index is -0.0634. The molecule has 0 saturated carbocycles. The third-order valence-electron chi connectivity index (χ3n) is 7.41. The zero-order chi connectivity index (χ0) is 28.1. The number of aromatic nitrogens is 2. The highest BCUT2D eigenvalue weighted by Gasteiger charge is 2.29. The van der Waals surface area contributed by atoms with Crippen molar-refractivity contribution in [1.82, 2.24) is 14.9 Å². The first-order chi connectivity index (χ1) is 19.6. The van der Waals surface area contributed by atoms with E-state index in [4.69, 9.17) is 18.9 Å². The number of nitrogens with zero attached hydrogens (tertiary/aromatic N) is 1. The lowest BCUT2D eigenvalue weighted by Gasteiger charge is -2.35. The topological polar surface area (TPSA) is 88.8 Å². The molecule has 0 saturated heterocycles. The minimum absolute atomic E-state index is 0.0634. The summed E-state index contributed by atoms with van der Waals surface area (Å²) in [7, 11) is 5.00. The van der Waals surface area contributed by atoms with E-state index in [-0.39, 0.29) is 6.04 Å². The average Bonchev–Trinajstić information content (AvgIpc) is 3.63. The van der Waals surface area contributed by atoms with Crippen LogP contribution >= 0.6 is 0 Å². The Hall–Kier alpha value is -4.59. The lowest BCUT2D eigenvalue weighted by Crippen LogP contribution is -2.35. The van der Waals surface area contributed by atoms with Crippen molar-refractivity contribution in [2.75, 3.05) is 34.5 Å². The average molecular weight is 542 g/mol. The molecule has 8 nitrogen and oxygen atoms in total. The number of H-pyrrole nitrogens is 2. The molecule has 2 N–H and O–H groups in total. The third kappa shape index (κ3) is 5.43. The fourth-order valence-corrected chi connectivity index (χ4v) is 5.33. The molecule has 0 spiro atoms. The molecule has 1 unspecified atom stereocenters. The predicted molar refractivity (Wildman–Crippen MR) is 157 cm³/mol. The number of hydrogen-bond acceptors (Lipinski definition) is 5. The molecule has 0 bridgehead atoms. The van der Waals surface area contributed by atoms with Gasteiger partial charge in [0.15, 0.2) is 11.5 Å². The molecule has 0 aliphatic carbocycles. The number of hydrogen-bond donors (Lipinski definition) is 2. The van der Waals surface area contributed by atoms with Crippen molar-refractivity contribution in [2.24, 2.45) is 0 Å². The number of carbonyl (C=O) groups is 1. The first kappa shape index (κ1) is 27.0. The van der Waals surface area contributed by atoms with Gasteiger partial charge in [0.2, 0.25) is 6.41 Å². The Morgan fingerprint density at radius 3 is 2.40 bits per heavy atom. The Morgan fingerprint density at radius 2 is 1.68 bits per heavy atom. The van der Waals surface area contributed by atoms with Crippen LogP contribution in [-0.4, -0.2) is 55.8 Å². The van der Waals surface area contributed by atoms with Crippen LogP contribution in [-0.2, 0) is 17.6 Å². The maximum absolute atomic E-state index is 11.8. The van der Waals surface area contributed by atoms with Crippen molar-refractivity contribution >= 4 is 28.2 Å². The Kier molecular flexibility index (Phi) is 8.15. The Balaban J connectivity index is 0.000000244. The van der Waals surface area contributed by atoms with Gasteiger partial charge in [-0.05, 0) is 91.1 Å². The summed E-state index contributed by atoms with van der Waals surface area (Å²) in [5.74, 6) is 3.17. The standard InChI is InChI=1S/C23H26N2O4.C9H9NO/c1-4-29-23-12-19-15(10-22(23)28-3)7-8-25(14-26)21(19)9-16-13-24-20-6-5-17(27-2)11-18(16)20;1-11-8-2-3-9-7(6-8)4-5-10-9/h5-6,10-14,21,24H,4,7-9H2,1-3H3;2-6,10H,1H3. The lowest BCUT2D eigenvalue weighted by atomic mass is 9.88. The highest BCUT2D eigenvalue weighted by atomic mass is 16.5. The van der Waals surface area contributed by atoms with E-state index in [1.807, 2.05) is 78.8 Å². The van der Waals surface area contributed by atoms with Gasteiger partial charge in [-0.25, -0.2) is 0 Å². The van der Waals surface area contributed by atoms with Crippen molar-refractivity contribution in [1.29, 1.82) is 0 Å². The summed E-state index contributed by atoms with van der Waals surface area (Å²) in [6.07, 6.45) is 6.40. The second-order valence-electron chi connectivity index (χ2n) is 9.60. The molecule has 0 fully saturated rings. The number of amides is 1. The zero-order valence-electron chi connectivity index (χ0n) is 23.3. The largest absolute Gasteiger partial charge is 0.497 e. The van der Waals surface area contributed by atoms with Crippen LogP contribution in [0.3, 0.4) is 0 Å². The number of fused-ring (bicyclic) bond motifs is 3. The monoisotopic (exact) mass is 541 g/mol. The van der Waals surface area contributed by atoms with E-state index < -0.39 is 0 Å². The predicted octanol–water partition coefficient (Wildman–Crippen LogP) is 6.06. The van der Waals surface area contributed by atoms with E-state index in [0.29, 0.717) is 25.3 Å². The molecule has 8 heteroatoms. The first-order valence-corrected chi connectivity index (χ1v) is 13.4. The van der Waals surface area contributed by atoms with Gasteiger partial charge in [0.25, 0.3) is 0 Å². The van der Waals surface area contributed by atoms with E-state index in [9.17, 15) is 4.79 Å². The number of carbonyl (C=O) groups excluding carboxylic acids is 1. The molecule has 5 aromatic rings. The Labute approximate surface area is 233 Å². The Morgan fingerprint density at radius 1 is 0.900 bits per heavy atom. The van der Waals surface area contributed by atoms with Crippen LogP contribution in [0.1, 0.15) is 29.7 Å². The van der Waals surface area contributed by atoms with Crippen LogP contribution in [0, 0.1) is 0 Å². The number of benzene rings is 3. The zero-order valence-corrected chi connectivity index (χ0v) is 23.3. The normalized spacial score (nSPS) is 14.3. The van der Waals surface area contributed by atoms with E-state index in [1.54, 1.807) is 21.3 Å². The molecule has 3 heterocycles. The van der Waals surface area contributed by atoms with Crippen LogP contribution in [0.5, 0.6) is 23.0 Å². The van der Waals surface area contributed by atoms with E-state index >= 15 is 0 Å². The van der Waals surface area contributed by atoms with Crippen molar-refractivity contribution in [3.05, 3.63) is 83.7 Å². The number of ether oxygens (including phenoxy) is 4. The number of nitrogens with one attached hydrogen (secondary N) is 2. The van der Waals surface area contributed by atoms with Crippen molar-refractivity contribution in [3.63, 3.8) is 0 Å². The maximum Gasteiger partial charge on any atom is 0.210 e. The summed E-state index contributed by atoms with van der Waals surface area (Å²) in [5, 5.41) is 2.30. The molecule has 2 aromatic heterocycles. The summed E-state index contributed by atoms with van der Waals surface area (Å²) in [6.45, 7) is 3.19. The first-order valence-electron chi connectivity index (χ1n) is 13.4. The molecule has 3 aromatic carbocycles. The molecule has 1 amide bonds. The van der Waals surface area contributed by atoms with Gasteiger partial charge in [-0.3, -0.25) is 4.79 Å². The SMILES string of the molecule is CCOc1cc2c(cc1OC)CCN(C=O)C2Cc1c[nH]c2ccc(OC)cc12.COc1ccc2[nH]ccc2c1. The molecule has 208 valence electrons. The van der Waals surface area contributed by atoms with Crippen LogP contribution in [0.15, 0.2) is 67.0 Å². The van der Waals surface area contributed by atoms with Crippen LogP contribution in [0.4, 0.5) is 0 Å². The molecule has 1 aliphatic heterocycles. The van der Waals surface area contributed by atoms with Gasteiger partial charge in [-0.2, -0.15) is 0 Å². The fourth-order valence-electron chi connectivity index (χ4n) is 5.33. The minimum Gasteiger partial charge on any atom is -0.497 e. The highest BCUT2D eigenvalue weighted by molar-refractivity contribution is 5.85. The van der Waals surface area contributed by atoms with Gasteiger partial charge in [-0.15, -0.1) is 0 Å². The summed E-state index contributed by atoms with van der Waals surface area (Å²) >= 11 is 0. The van der Waals surface area contributed by atoms with Crippen LogP contribution in [0.2, 0.25) is 0 Å². The molecule has 1 aliphatic rings. The summed E-state index contributed by atoms with van der Waals surface area (Å²) in [4.78, 5) is 20.2.